The van der Waals surface area contributed by atoms with Crippen molar-refractivity contribution in [2.45, 2.75) is 95.7 Å². The van der Waals surface area contributed by atoms with Crippen molar-refractivity contribution < 1.29 is 9.59 Å². The van der Waals surface area contributed by atoms with Gasteiger partial charge in [-0.15, -0.1) is 0 Å². The van der Waals surface area contributed by atoms with E-state index in [1.807, 2.05) is 30.0 Å². The van der Waals surface area contributed by atoms with Gasteiger partial charge >= 0.3 is 0 Å². The van der Waals surface area contributed by atoms with E-state index in [9.17, 15) is 9.59 Å². The molecule has 1 saturated heterocycles. The zero-order valence-corrected chi connectivity index (χ0v) is 21.4. The summed E-state index contributed by atoms with van der Waals surface area (Å²) in [5.41, 5.74) is 0.852. The number of fused-ring (bicyclic) bond motifs is 3. The van der Waals surface area contributed by atoms with Crippen LogP contribution in [0.2, 0.25) is 0 Å². The summed E-state index contributed by atoms with van der Waals surface area (Å²) in [6, 6.07) is 10.4. The van der Waals surface area contributed by atoms with Crippen molar-refractivity contribution in [1.82, 2.24) is 19.7 Å². The number of carbonyl (C=O) groups is 2. The molecule has 2 aromatic rings. The van der Waals surface area contributed by atoms with Crippen LogP contribution >= 0.6 is 0 Å². The number of carbonyl (C=O) groups excluding carboxylic acids is 2. The second-order valence-corrected chi connectivity index (χ2v) is 11.2. The summed E-state index contributed by atoms with van der Waals surface area (Å²) in [6.45, 7) is 6.41. The molecule has 3 aliphatic rings. The highest BCUT2D eigenvalue weighted by Gasteiger charge is 2.47. The van der Waals surface area contributed by atoms with Crippen molar-refractivity contribution in [3.8, 4) is 0 Å². The zero-order chi connectivity index (χ0) is 24.3. The molecule has 1 aromatic carbocycles. The van der Waals surface area contributed by atoms with Gasteiger partial charge in [-0.1, -0.05) is 56.7 Å². The number of amides is 2. The van der Waals surface area contributed by atoms with Crippen LogP contribution in [0.1, 0.15) is 88.0 Å². The number of nitrogens with zero attached hydrogens (tertiary/aromatic N) is 3. The molecule has 1 atom stereocenters. The molecule has 3 heterocycles. The largest absolute Gasteiger partial charge is 0.351 e. The lowest BCUT2D eigenvalue weighted by Gasteiger charge is -2.45. The normalized spacial score (nSPS) is 24.7. The van der Waals surface area contributed by atoms with Crippen LogP contribution < -0.4 is 5.32 Å². The molecule has 6 nitrogen and oxygen atoms in total. The summed E-state index contributed by atoms with van der Waals surface area (Å²) in [5, 5.41) is 4.47. The lowest BCUT2D eigenvalue weighted by atomic mass is 9.92. The Hall–Kier alpha value is -2.34. The molecular formula is C29H42N4O2. The van der Waals surface area contributed by atoms with Gasteiger partial charge in [0.05, 0.1) is 6.54 Å². The van der Waals surface area contributed by atoms with Gasteiger partial charge in [0.2, 0.25) is 5.91 Å². The first-order chi connectivity index (χ1) is 17.1. The maximum absolute atomic E-state index is 13.9. The Morgan fingerprint density at radius 1 is 0.971 bits per heavy atom. The van der Waals surface area contributed by atoms with Crippen molar-refractivity contribution in [3.05, 3.63) is 36.0 Å². The fraction of sp³-hybridized carbons (Fsp3) is 0.655. The van der Waals surface area contributed by atoms with Gasteiger partial charge in [0.25, 0.3) is 5.91 Å². The van der Waals surface area contributed by atoms with Crippen molar-refractivity contribution in [2.75, 3.05) is 26.2 Å². The number of hydrogen-bond acceptors (Lipinski definition) is 3. The highest BCUT2D eigenvalue weighted by Crippen LogP contribution is 2.33. The third-order valence-corrected chi connectivity index (χ3v) is 8.57. The average Bonchev–Trinajstić information content (AvgIpc) is 3.22. The van der Waals surface area contributed by atoms with E-state index < -0.39 is 5.54 Å². The summed E-state index contributed by atoms with van der Waals surface area (Å²) in [7, 11) is 0. The minimum Gasteiger partial charge on any atom is -0.351 e. The molecule has 35 heavy (non-hydrogen) atoms. The topological polar surface area (TPSA) is 57.6 Å². The third kappa shape index (κ3) is 5.13. The van der Waals surface area contributed by atoms with Crippen LogP contribution in [0.15, 0.2) is 30.3 Å². The van der Waals surface area contributed by atoms with Crippen LogP contribution in [-0.4, -0.2) is 63.9 Å². The Labute approximate surface area is 210 Å². The maximum atomic E-state index is 13.9. The van der Waals surface area contributed by atoms with E-state index in [0.717, 1.165) is 49.8 Å². The zero-order valence-electron chi connectivity index (χ0n) is 21.4. The second-order valence-electron chi connectivity index (χ2n) is 11.2. The van der Waals surface area contributed by atoms with Crippen LogP contribution in [-0.2, 0) is 11.3 Å². The van der Waals surface area contributed by atoms with Gasteiger partial charge in [0, 0.05) is 23.5 Å². The van der Waals surface area contributed by atoms with Gasteiger partial charge in [-0.3, -0.25) is 9.59 Å². The van der Waals surface area contributed by atoms with E-state index in [1.54, 1.807) is 0 Å². The average molecular weight is 479 g/mol. The van der Waals surface area contributed by atoms with Crippen molar-refractivity contribution >= 4 is 22.7 Å². The molecule has 0 spiro atoms. The molecule has 1 aromatic heterocycles. The number of para-hydroxylation sites is 1. The minimum absolute atomic E-state index is 0.0119. The summed E-state index contributed by atoms with van der Waals surface area (Å²) in [6.07, 6.45) is 13.0. The van der Waals surface area contributed by atoms with E-state index in [0.29, 0.717) is 18.8 Å². The Morgan fingerprint density at radius 2 is 1.66 bits per heavy atom. The van der Waals surface area contributed by atoms with E-state index in [4.69, 9.17) is 0 Å². The predicted molar refractivity (Wildman–Crippen MR) is 141 cm³/mol. The molecule has 5 rings (SSSR count). The molecule has 6 heteroatoms. The fourth-order valence-electron chi connectivity index (χ4n) is 6.43. The van der Waals surface area contributed by atoms with Gasteiger partial charge in [-0.25, -0.2) is 0 Å². The van der Waals surface area contributed by atoms with Crippen LogP contribution in [0.5, 0.6) is 0 Å². The van der Waals surface area contributed by atoms with Crippen LogP contribution in [0.3, 0.4) is 0 Å². The smallest absolute Gasteiger partial charge is 0.271 e. The lowest BCUT2D eigenvalue weighted by Crippen LogP contribution is -2.65. The second kappa shape index (κ2) is 10.7. The maximum Gasteiger partial charge on any atom is 0.271 e. The Kier molecular flexibility index (Phi) is 7.47. The van der Waals surface area contributed by atoms with Gasteiger partial charge in [-0.05, 0) is 70.8 Å². The van der Waals surface area contributed by atoms with E-state index >= 15 is 0 Å². The number of aromatic nitrogens is 1. The van der Waals surface area contributed by atoms with Crippen LogP contribution in [0.4, 0.5) is 0 Å². The summed E-state index contributed by atoms with van der Waals surface area (Å²) in [5.74, 6) is -0.000706. The van der Waals surface area contributed by atoms with Gasteiger partial charge in [0.15, 0.2) is 0 Å². The van der Waals surface area contributed by atoms with Crippen LogP contribution in [0, 0.1) is 0 Å². The molecule has 1 aliphatic carbocycles. The van der Waals surface area contributed by atoms with Crippen molar-refractivity contribution in [2.24, 2.45) is 0 Å². The molecular weight excluding hydrogens is 436 g/mol. The summed E-state index contributed by atoms with van der Waals surface area (Å²) < 4.78 is 2.08. The van der Waals surface area contributed by atoms with Crippen molar-refractivity contribution in [3.63, 3.8) is 0 Å². The number of hydrogen-bond donors (Lipinski definition) is 1. The van der Waals surface area contributed by atoms with Gasteiger partial charge in [0.1, 0.15) is 11.2 Å². The van der Waals surface area contributed by atoms with Gasteiger partial charge in [-0.2, -0.15) is 0 Å². The van der Waals surface area contributed by atoms with Crippen molar-refractivity contribution in [1.29, 1.82) is 0 Å². The Balaban J connectivity index is 1.39. The highest BCUT2D eigenvalue weighted by molar-refractivity contribution is 6.03. The Bertz CT molecular complexity index is 1030. The first-order valence-electron chi connectivity index (χ1n) is 14.0. The third-order valence-electron chi connectivity index (χ3n) is 8.57. The number of benzene rings is 1. The predicted octanol–water partition coefficient (Wildman–Crippen LogP) is 4.96. The summed E-state index contributed by atoms with van der Waals surface area (Å²) in [4.78, 5) is 32.2. The molecule has 2 fully saturated rings. The molecule has 1 saturated carbocycles. The van der Waals surface area contributed by atoms with E-state index in [2.05, 4.69) is 26.9 Å². The standard InChI is InChI=1S/C29H42N4O2/c1-29(28(35)30-24-14-6-3-2-4-7-15-24)22-32-25-16-9-8-13-23(25)21-26(32)27(34)33(29)20-12-19-31-17-10-5-11-18-31/h8-9,13,16,21,24H,2-7,10-12,14-15,17-20,22H2,1H3,(H,30,35)/t29-/m0/s1. The first kappa shape index (κ1) is 24.4. The molecule has 0 unspecified atom stereocenters. The SMILES string of the molecule is C[C@@]1(C(=O)NC2CCCCCCC2)Cn2c(cc3ccccc32)C(=O)N1CCCN1CCCCC1. The highest BCUT2D eigenvalue weighted by atomic mass is 16.2. The molecule has 0 bridgehead atoms. The number of piperidine rings is 1. The number of rotatable bonds is 6. The summed E-state index contributed by atoms with van der Waals surface area (Å²) >= 11 is 0. The lowest BCUT2D eigenvalue weighted by molar-refractivity contribution is -0.133. The number of nitrogens with one attached hydrogen (secondary N) is 1. The molecule has 2 amide bonds. The molecule has 1 N–H and O–H groups in total. The Morgan fingerprint density at radius 3 is 2.43 bits per heavy atom. The van der Waals surface area contributed by atoms with Gasteiger partial charge < -0.3 is 19.7 Å². The fourth-order valence-corrected chi connectivity index (χ4v) is 6.43. The quantitative estimate of drug-likeness (QED) is 0.638. The first-order valence-corrected chi connectivity index (χ1v) is 14.0. The van der Waals surface area contributed by atoms with E-state index in [1.165, 1.54) is 51.4 Å². The van der Waals surface area contributed by atoms with E-state index in [-0.39, 0.29) is 17.9 Å². The monoisotopic (exact) mass is 478 g/mol. The molecule has 2 aliphatic heterocycles. The number of likely N-dealkylation sites (tertiary alicyclic amines) is 1. The molecule has 190 valence electrons. The van der Waals surface area contributed by atoms with Crippen LogP contribution in [0.25, 0.3) is 10.9 Å². The minimum atomic E-state index is -0.893. The molecule has 0 radical (unpaired) electrons.